The molecule has 1 atom stereocenters. The summed E-state index contributed by atoms with van der Waals surface area (Å²) < 4.78 is 0. The molecule has 0 aliphatic carbocycles. The first-order chi connectivity index (χ1) is 8.99. The van der Waals surface area contributed by atoms with E-state index in [4.69, 9.17) is 5.73 Å². The second-order valence-electron chi connectivity index (χ2n) is 5.15. The van der Waals surface area contributed by atoms with Crippen LogP contribution < -0.4 is 10.6 Å². The molecule has 1 aromatic heterocycles. The highest BCUT2D eigenvalue weighted by Crippen LogP contribution is 2.24. The molecule has 2 rings (SSSR count). The number of pyridine rings is 1. The molecular weight excluding hydrogens is 244 g/mol. The van der Waals surface area contributed by atoms with Gasteiger partial charge in [-0.15, -0.1) is 0 Å². The van der Waals surface area contributed by atoms with Crippen LogP contribution in [0.15, 0.2) is 12.3 Å². The fourth-order valence-electron chi connectivity index (χ4n) is 2.45. The molecule has 1 unspecified atom stereocenters. The van der Waals surface area contributed by atoms with Crippen molar-refractivity contribution in [3.05, 3.63) is 17.8 Å². The maximum absolute atomic E-state index is 11.3. The molecule has 3 N–H and O–H groups in total. The lowest BCUT2D eigenvalue weighted by atomic mass is 10.0. The second kappa shape index (κ2) is 5.44. The number of nitrogens with zero attached hydrogens (tertiary/aromatic N) is 3. The summed E-state index contributed by atoms with van der Waals surface area (Å²) in [6.45, 7) is 1.63. The number of carboxylic acid groups (broad SMARTS) is 1. The fraction of sp³-hybridized carbons (Fsp3) is 0.538. The van der Waals surface area contributed by atoms with E-state index in [-0.39, 0.29) is 5.56 Å². The third kappa shape index (κ3) is 2.96. The lowest BCUT2D eigenvalue weighted by molar-refractivity contribution is 0.0697. The van der Waals surface area contributed by atoms with Gasteiger partial charge in [0.15, 0.2) is 0 Å². The summed E-state index contributed by atoms with van der Waals surface area (Å²) in [7, 11) is 4.09. The zero-order valence-corrected chi connectivity index (χ0v) is 11.3. The molecule has 0 saturated carbocycles. The van der Waals surface area contributed by atoms with Gasteiger partial charge in [-0.05, 0) is 33.0 Å². The van der Waals surface area contributed by atoms with Crippen LogP contribution in [0.5, 0.6) is 0 Å². The third-order valence-electron chi connectivity index (χ3n) is 3.54. The van der Waals surface area contributed by atoms with Gasteiger partial charge >= 0.3 is 5.97 Å². The number of nitrogen functional groups attached to an aromatic ring is 1. The molecular formula is C13H20N4O2. The molecule has 0 aromatic carbocycles. The van der Waals surface area contributed by atoms with Crippen LogP contribution in [0.1, 0.15) is 23.2 Å². The van der Waals surface area contributed by atoms with Crippen LogP contribution in [0.2, 0.25) is 0 Å². The molecule has 104 valence electrons. The number of carboxylic acids is 1. The van der Waals surface area contributed by atoms with Gasteiger partial charge in [0.2, 0.25) is 0 Å². The van der Waals surface area contributed by atoms with Gasteiger partial charge in [0.1, 0.15) is 11.4 Å². The van der Waals surface area contributed by atoms with Gasteiger partial charge in [-0.2, -0.15) is 0 Å². The van der Waals surface area contributed by atoms with Crippen molar-refractivity contribution >= 4 is 17.5 Å². The van der Waals surface area contributed by atoms with Crippen LogP contribution in [0.4, 0.5) is 11.5 Å². The summed E-state index contributed by atoms with van der Waals surface area (Å²) in [5.41, 5.74) is 6.17. The summed E-state index contributed by atoms with van der Waals surface area (Å²) in [6.07, 6.45) is 3.68. The van der Waals surface area contributed by atoms with Gasteiger partial charge in [-0.1, -0.05) is 0 Å². The molecule has 19 heavy (non-hydrogen) atoms. The van der Waals surface area contributed by atoms with Crippen molar-refractivity contribution in [1.82, 2.24) is 9.88 Å². The van der Waals surface area contributed by atoms with E-state index in [1.165, 1.54) is 12.3 Å². The first kappa shape index (κ1) is 13.6. The zero-order chi connectivity index (χ0) is 14.0. The monoisotopic (exact) mass is 264 g/mol. The number of carbonyl (C=O) groups is 1. The number of piperidine rings is 1. The highest BCUT2D eigenvalue weighted by Gasteiger charge is 2.25. The Balaban J connectivity index is 2.28. The molecule has 6 nitrogen and oxygen atoms in total. The zero-order valence-electron chi connectivity index (χ0n) is 11.3. The van der Waals surface area contributed by atoms with E-state index in [9.17, 15) is 9.90 Å². The topological polar surface area (TPSA) is 82.7 Å². The van der Waals surface area contributed by atoms with Crippen LogP contribution in [0.25, 0.3) is 0 Å². The van der Waals surface area contributed by atoms with Gasteiger partial charge in [-0.25, -0.2) is 9.78 Å². The quantitative estimate of drug-likeness (QED) is 0.843. The van der Waals surface area contributed by atoms with Gasteiger partial charge in [0, 0.05) is 19.1 Å². The Kier molecular flexibility index (Phi) is 3.90. The predicted octanol–water partition coefficient (Wildman–Crippen LogP) is 0.892. The lowest BCUT2D eigenvalue weighted by Crippen LogP contribution is -2.45. The number of hydrogen-bond donors (Lipinski definition) is 2. The van der Waals surface area contributed by atoms with Crippen molar-refractivity contribution in [2.24, 2.45) is 0 Å². The average Bonchev–Trinajstić information content (AvgIpc) is 2.38. The Morgan fingerprint density at radius 2 is 2.32 bits per heavy atom. The number of anilines is 2. The van der Waals surface area contributed by atoms with Crippen molar-refractivity contribution in [3.8, 4) is 0 Å². The molecule has 0 radical (unpaired) electrons. The van der Waals surface area contributed by atoms with E-state index in [1.54, 1.807) is 0 Å². The third-order valence-corrected chi connectivity index (χ3v) is 3.54. The SMILES string of the molecule is CN(C)C1CCCN(c2ncc(N)cc2C(=O)O)C1. The van der Waals surface area contributed by atoms with Gasteiger partial charge in [0.25, 0.3) is 0 Å². The van der Waals surface area contributed by atoms with Crippen molar-refractivity contribution in [2.75, 3.05) is 37.8 Å². The van der Waals surface area contributed by atoms with E-state index in [1.807, 2.05) is 19.0 Å². The lowest BCUT2D eigenvalue weighted by Gasteiger charge is -2.37. The summed E-state index contributed by atoms with van der Waals surface area (Å²) in [4.78, 5) is 19.7. The summed E-state index contributed by atoms with van der Waals surface area (Å²) in [5, 5.41) is 9.26. The molecule has 1 aliphatic heterocycles. The minimum absolute atomic E-state index is 0.180. The number of hydrogen-bond acceptors (Lipinski definition) is 5. The summed E-state index contributed by atoms with van der Waals surface area (Å²) in [5.74, 6) is -0.463. The molecule has 1 fully saturated rings. The maximum Gasteiger partial charge on any atom is 0.339 e. The van der Waals surface area contributed by atoms with Crippen molar-refractivity contribution in [3.63, 3.8) is 0 Å². The van der Waals surface area contributed by atoms with Crippen LogP contribution in [-0.2, 0) is 0 Å². The molecule has 6 heteroatoms. The fourth-order valence-corrected chi connectivity index (χ4v) is 2.45. The Labute approximate surface area is 112 Å². The Morgan fingerprint density at radius 1 is 1.58 bits per heavy atom. The Hall–Kier alpha value is -1.82. The van der Waals surface area contributed by atoms with E-state index < -0.39 is 5.97 Å². The van der Waals surface area contributed by atoms with Gasteiger partial charge in [0.05, 0.1) is 11.9 Å². The Morgan fingerprint density at radius 3 is 2.95 bits per heavy atom. The Bertz CT molecular complexity index is 476. The van der Waals surface area contributed by atoms with Crippen molar-refractivity contribution in [2.45, 2.75) is 18.9 Å². The largest absolute Gasteiger partial charge is 0.478 e. The molecule has 2 heterocycles. The smallest absolute Gasteiger partial charge is 0.339 e. The average molecular weight is 264 g/mol. The molecule has 1 aliphatic rings. The molecule has 1 saturated heterocycles. The standard InChI is InChI=1S/C13H20N4O2/c1-16(2)10-4-3-5-17(8-10)12-11(13(18)19)6-9(14)7-15-12/h6-7,10H,3-5,8,14H2,1-2H3,(H,18,19). The molecule has 0 spiro atoms. The minimum Gasteiger partial charge on any atom is -0.478 e. The van der Waals surface area contributed by atoms with E-state index in [2.05, 4.69) is 9.88 Å². The predicted molar refractivity (Wildman–Crippen MR) is 74.5 cm³/mol. The van der Waals surface area contributed by atoms with E-state index in [0.717, 1.165) is 25.9 Å². The van der Waals surface area contributed by atoms with E-state index >= 15 is 0 Å². The van der Waals surface area contributed by atoms with Crippen molar-refractivity contribution in [1.29, 1.82) is 0 Å². The van der Waals surface area contributed by atoms with Crippen LogP contribution >= 0.6 is 0 Å². The second-order valence-corrected chi connectivity index (χ2v) is 5.15. The number of nitrogens with two attached hydrogens (primary N) is 1. The number of aromatic nitrogens is 1. The minimum atomic E-state index is -0.984. The van der Waals surface area contributed by atoms with Crippen LogP contribution in [0, 0.1) is 0 Å². The van der Waals surface area contributed by atoms with E-state index in [0.29, 0.717) is 17.5 Å². The highest BCUT2D eigenvalue weighted by molar-refractivity contribution is 5.94. The van der Waals surface area contributed by atoms with Gasteiger partial charge in [-0.3, -0.25) is 0 Å². The molecule has 0 bridgehead atoms. The first-order valence-electron chi connectivity index (χ1n) is 6.39. The number of rotatable bonds is 3. The number of likely N-dealkylation sites (N-methyl/N-ethyl adjacent to an activating group) is 1. The maximum atomic E-state index is 11.3. The first-order valence-corrected chi connectivity index (χ1v) is 6.39. The number of aromatic carboxylic acids is 1. The molecule has 0 amide bonds. The molecule has 1 aromatic rings. The summed E-state index contributed by atoms with van der Waals surface area (Å²) in [6, 6.07) is 1.90. The highest BCUT2D eigenvalue weighted by atomic mass is 16.4. The summed E-state index contributed by atoms with van der Waals surface area (Å²) >= 11 is 0. The normalized spacial score (nSPS) is 19.7. The van der Waals surface area contributed by atoms with Gasteiger partial charge < -0.3 is 20.6 Å². The van der Waals surface area contributed by atoms with Crippen LogP contribution in [0.3, 0.4) is 0 Å². The van der Waals surface area contributed by atoms with Crippen molar-refractivity contribution < 1.29 is 9.90 Å². The van der Waals surface area contributed by atoms with Crippen LogP contribution in [-0.4, -0.2) is 54.2 Å².